The van der Waals surface area contributed by atoms with Crippen LogP contribution in [0, 0.1) is 13.8 Å². The van der Waals surface area contributed by atoms with Crippen LogP contribution in [0.1, 0.15) is 28.8 Å². The minimum Gasteiger partial charge on any atom is -0.419 e. The Balaban J connectivity index is 1.44. The highest BCUT2D eigenvalue weighted by atomic mass is 32.2. The van der Waals surface area contributed by atoms with Gasteiger partial charge in [0.2, 0.25) is 5.89 Å². The summed E-state index contributed by atoms with van der Waals surface area (Å²) in [7, 11) is 0. The molecule has 0 atom stereocenters. The van der Waals surface area contributed by atoms with Crippen molar-refractivity contribution in [2.24, 2.45) is 0 Å². The molecule has 0 radical (unpaired) electrons. The number of hydrogen-bond donors (Lipinski definition) is 0. The zero-order valence-electron chi connectivity index (χ0n) is 18.5. The number of para-hydroxylation sites is 1. The maximum atomic E-state index is 5.97. The molecule has 4 aromatic heterocycles. The van der Waals surface area contributed by atoms with Crippen LogP contribution in [0.4, 0.5) is 0 Å². The number of nitrogens with zero attached hydrogens (tertiary/aromatic N) is 6. The Labute approximate surface area is 199 Å². The molecule has 1 aromatic carbocycles. The van der Waals surface area contributed by atoms with E-state index in [0.29, 0.717) is 17.5 Å². The van der Waals surface area contributed by atoms with E-state index in [9.17, 15) is 0 Å². The highest BCUT2D eigenvalue weighted by molar-refractivity contribution is 7.98. The van der Waals surface area contributed by atoms with E-state index in [2.05, 4.69) is 68.9 Å². The van der Waals surface area contributed by atoms with Crippen molar-refractivity contribution in [1.29, 1.82) is 0 Å². The zero-order chi connectivity index (χ0) is 22.8. The number of thioether (sulfide) groups is 1. The van der Waals surface area contributed by atoms with E-state index in [1.165, 1.54) is 22.2 Å². The molecule has 0 N–H and O–H groups in total. The number of hydrogen-bond acceptors (Lipinski definition) is 8. The minimum atomic E-state index is 0.498. The second-order valence-electron chi connectivity index (χ2n) is 7.52. The molecule has 0 amide bonds. The highest BCUT2D eigenvalue weighted by Gasteiger charge is 2.19. The van der Waals surface area contributed by atoms with Crippen molar-refractivity contribution in [2.45, 2.75) is 38.1 Å². The van der Waals surface area contributed by atoms with Crippen molar-refractivity contribution in [2.75, 3.05) is 0 Å². The zero-order valence-corrected chi connectivity index (χ0v) is 20.2. The summed E-state index contributed by atoms with van der Waals surface area (Å²) in [6, 6.07) is 14.2. The van der Waals surface area contributed by atoms with Crippen molar-refractivity contribution in [1.82, 2.24) is 29.9 Å². The summed E-state index contributed by atoms with van der Waals surface area (Å²) in [5.41, 5.74) is 4.38. The summed E-state index contributed by atoms with van der Waals surface area (Å²) in [4.78, 5) is 6.48. The molecular formula is C24H22N6OS2. The first-order valence-corrected chi connectivity index (χ1v) is 12.4. The van der Waals surface area contributed by atoms with Crippen LogP contribution in [0.15, 0.2) is 64.4 Å². The molecule has 9 heteroatoms. The third-order valence-electron chi connectivity index (χ3n) is 5.27. The number of aryl methyl sites for hydroxylation is 3. The minimum absolute atomic E-state index is 0.498. The van der Waals surface area contributed by atoms with Crippen molar-refractivity contribution >= 4 is 23.1 Å². The molecule has 0 bridgehead atoms. The molecule has 0 fully saturated rings. The Kier molecular flexibility index (Phi) is 6.06. The largest absolute Gasteiger partial charge is 0.419 e. The molecule has 166 valence electrons. The number of pyridine rings is 1. The van der Waals surface area contributed by atoms with E-state index in [4.69, 9.17) is 4.42 Å². The number of aromatic nitrogens is 6. The average molecular weight is 475 g/mol. The monoisotopic (exact) mass is 474 g/mol. The van der Waals surface area contributed by atoms with Crippen molar-refractivity contribution in [3.05, 3.63) is 76.8 Å². The molecule has 0 aliphatic heterocycles. The van der Waals surface area contributed by atoms with Crippen LogP contribution in [0.2, 0.25) is 0 Å². The van der Waals surface area contributed by atoms with E-state index >= 15 is 0 Å². The van der Waals surface area contributed by atoms with E-state index < -0.39 is 0 Å². The van der Waals surface area contributed by atoms with Gasteiger partial charge in [0.05, 0.1) is 16.3 Å². The lowest BCUT2D eigenvalue weighted by molar-refractivity contribution is 0.529. The van der Waals surface area contributed by atoms with Gasteiger partial charge >= 0.3 is 0 Å². The molecule has 0 aliphatic rings. The van der Waals surface area contributed by atoms with Crippen LogP contribution in [0.3, 0.4) is 0 Å². The lowest BCUT2D eigenvalue weighted by atomic mass is 10.2. The SMILES string of the molecule is CCc1sc(-c2nnc(CSc3nnc(-c4ccncc4)n3-c3ccccc3C)o2)cc1C. The van der Waals surface area contributed by atoms with Crippen LogP contribution >= 0.6 is 23.1 Å². The fourth-order valence-electron chi connectivity index (χ4n) is 3.60. The Morgan fingerprint density at radius 2 is 1.79 bits per heavy atom. The summed E-state index contributed by atoms with van der Waals surface area (Å²) in [6.07, 6.45) is 4.52. The molecule has 5 rings (SSSR count). The first kappa shape index (κ1) is 21.5. The maximum absolute atomic E-state index is 5.97. The third kappa shape index (κ3) is 4.34. The van der Waals surface area contributed by atoms with Gasteiger partial charge in [0.25, 0.3) is 5.89 Å². The van der Waals surface area contributed by atoms with Crippen LogP contribution in [0.25, 0.3) is 27.8 Å². The van der Waals surface area contributed by atoms with Crippen LogP contribution in [0.5, 0.6) is 0 Å². The van der Waals surface area contributed by atoms with Gasteiger partial charge < -0.3 is 4.42 Å². The molecule has 4 heterocycles. The molecule has 7 nitrogen and oxygen atoms in total. The van der Waals surface area contributed by atoms with Gasteiger partial charge in [0, 0.05) is 22.8 Å². The molecule has 0 saturated heterocycles. The molecule has 0 saturated carbocycles. The third-order valence-corrected chi connectivity index (χ3v) is 7.56. The number of rotatable bonds is 7. The van der Waals surface area contributed by atoms with Gasteiger partial charge in [-0.05, 0) is 55.7 Å². The Morgan fingerprint density at radius 1 is 0.970 bits per heavy atom. The van der Waals surface area contributed by atoms with Gasteiger partial charge in [-0.15, -0.1) is 31.7 Å². The van der Waals surface area contributed by atoms with E-state index in [0.717, 1.165) is 39.1 Å². The molecule has 0 unspecified atom stereocenters. The highest BCUT2D eigenvalue weighted by Crippen LogP contribution is 2.33. The van der Waals surface area contributed by atoms with Crippen molar-refractivity contribution < 1.29 is 4.42 Å². The Hall–Kier alpha value is -3.30. The van der Waals surface area contributed by atoms with Crippen molar-refractivity contribution in [3.8, 4) is 27.8 Å². The first-order chi connectivity index (χ1) is 16.1. The molecule has 33 heavy (non-hydrogen) atoms. The summed E-state index contributed by atoms with van der Waals surface area (Å²) < 4.78 is 8.04. The van der Waals surface area contributed by atoms with Crippen LogP contribution in [-0.4, -0.2) is 29.9 Å². The lowest BCUT2D eigenvalue weighted by Crippen LogP contribution is -2.02. The lowest BCUT2D eigenvalue weighted by Gasteiger charge is -2.12. The van der Waals surface area contributed by atoms with E-state index in [1.807, 2.05) is 24.3 Å². The number of benzene rings is 1. The Bertz CT molecular complexity index is 1390. The summed E-state index contributed by atoms with van der Waals surface area (Å²) >= 11 is 3.23. The van der Waals surface area contributed by atoms with Gasteiger partial charge in [-0.1, -0.05) is 36.9 Å². The van der Waals surface area contributed by atoms with Crippen LogP contribution in [-0.2, 0) is 12.2 Å². The normalized spacial score (nSPS) is 11.2. The predicted molar refractivity (Wildman–Crippen MR) is 131 cm³/mol. The summed E-state index contributed by atoms with van der Waals surface area (Å²) in [5.74, 6) is 2.39. The molecule has 0 aliphatic carbocycles. The molecular weight excluding hydrogens is 452 g/mol. The summed E-state index contributed by atoms with van der Waals surface area (Å²) in [5, 5.41) is 18.3. The second kappa shape index (κ2) is 9.29. The van der Waals surface area contributed by atoms with E-state index in [-0.39, 0.29) is 0 Å². The number of thiophene rings is 1. The fourth-order valence-corrected chi connectivity index (χ4v) is 5.41. The van der Waals surface area contributed by atoms with Gasteiger partial charge in [0.15, 0.2) is 11.0 Å². The second-order valence-corrected chi connectivity index (χ2v) is 9.60. The van der Waals surface area contributed by atoms with Crippen LogP contribution < -0.4 is 0 Å². The predicted octanol–water partition coefficient (Wildman–Crippen LogP) is 5.91. The first-order valence-electron chi connectivity index (χ1n) is 10.6. The quantitative estimate of drug-likeness (QED) is 0.271. The van der Waals surface area contributed by atoms with Gasteiger partial charge in [-0.3, -0.25) is 9.55 Å². The van der Waals surface area contributed by atoms with Gasteiger partial charge in [0.1, 0.15) is 0 Å². The van der Waals surface area contributed by atoms with Gasteiger partial charge in [-0.25, -0.2) is 0 Å². The topological polar surface area (TPSA) is 82.5 Å². The fraction of sp³-hybridized carbons (Fsp3) is 0.208. The summed E-state index contributed by atoms with van der Waals surface area (Å²) in [6.45, 7) is 6.35. The Morgan fingerprint density at radius 3 is 2.55 bits per heavy atom. The average Bonchev–Trinajstić information content (AvgIpc) is 3.56. The van der Waals surface area contributed by atoms with E-state index in [1.54, 1.807) is 23.7 Å². The molecule has 5 aromatic rings. The van der Waals surface area contributed by atoms with Gasteiger partial charge in [-0.2, -0.15) is 0 Å². The smallest absolute Gasteiger partial charge is 0.257 e. The van der Waals surface area contributed by atoms with Crippen molar-refractivity contribution in [3.63, 3.8) is 0 Å². The maximum Gasteiger partial charge on any atom is 0.257 e. The molecule has 0 spiro atoms. The standard InChI is InChI=1S/C24H22N6OS2/c1-4-19-16(3)13-20(33-19)23-28-26-21(31-23)14-32-24-29-27-22(17-9-11-25-12-10-17)30(24)18-8-6-5-7-15(18)2/h5-13H,4,14H2,1-3H3.